The molecule has 1 heterocycles. The number of nitrogens with zero attached hydrogens (tertiary/aromatic N) is 2. The zero-order chi connectivity index (χ0) is 31.0. The second kappa shape index (κ2) is 9.95. The van der Waals surface area contributed by atoms with E-state index < -0.39 is 0 Å². The molecule has 220 valence electrons. The minimum Gasteiger partial charge on any atom is -0.344 e. The van der Waals surface area contributed by atoms with Crippen LogP contribution in [0.5, 0.6) is 0 Å². The number of para-hydroxylation sites is 2. The highest BCUT2D eigenvalue weighted by Crippen LogP contribution is 2.57. The molecule has 9 rings (SSSR count). The predicted octanol–water partition coefficient (Wildman–Crippen LogP) is 11.6. The van der Waals surface area contributed by atoms with Crippen LogP contribution in [0.25, 0.3) is 43.7 Å². The molecule has 2 heteroatoms. The zero-order valence-corrected chi connectivity index (χ0v) is 26.3. The first-order chi connectivity index (χ1) is 22.5. The number of aryl methyl sites for hydroxylation is 2. The predicted molar refractivity (Wildman–Crippen MR) is 195 cm³/mol. The minimum atomic E-state index is -0.307. The summed E-state index contributed by atoms with van der Waals surface area (Å²) in [4.78, 5) is 2.46. The summed E-state index contributed by atoms with van der Waals surface area (Å²) >= 11 is 0. The van der Waals surface area contributed by atoms with Crippen molar-refractivity contribution in [2.24, 2.45) is 7.05 Å². The summed E-state index contributed by atoms with van der Waals surface area (Å²) in [7, 11) is 2.18. The largest absolute Gasteiger partial charge is 0.344 e. The molecule has 1 aliphatic carbocycles. The average Bonchev–Trinajstić information content (AvgIpc) is 3.54. The Balaban J connectivity index is 1.38. The molecule has 0 N–H and O–H groups in total. The summed E-state index contributed by atoms with van der Waals surface area (Å²) in [6, 6.07) is 56.0. The summed E-state index contributed by atoms with van der Waals surface area (Å²) in [6.07, 6.45) is 0. The smallest absolute Gasteiger partial charge is 0.0543 e. The third kappa shape index (κ3) is 3.71. The Hall–Kier alpha value is -5.60. The van der Waals surface area contributed by atoms with E-state index in [2.05, 4.69) is 182 Å². The van der Waals surface area contributed by atoms with Crippen molar-refractivity contribution in [1.82, 2.24) is 4.57 Å². The van der Waals surface area contributed by atoms with Gasteiger partial charge in [-0.15, -0.1) is 0 Å². The SMILES string of the molecule is Cc1ccc2c(c1)C(C)(c1ccccc1)c1cc(N(c3ccccc3)c3ccc4c5ccccc5n(C)c4c3)c3ccccc3c1-2. The van der Waals surface area contributed by atoms with Crippen molar-refractivity contribution in [3.8, 4) is 11.1 Å². The van der Waals surface area contributed by atoms with Crippen LogP contribution in [-0.2, 0) is 12.5 Å². The molecule has 0 bridgehead atoms. The summed E-state index contributed by atoms with van der Waals surface area (Å²) in [5.41, 5.74) is 13.6. The van der Waals surface area contributed by atoms with Crippen LogP contribution < -0.4 is 4.90 Å². The zero-order valence-electron chi connectivity index (χ0n) is 26.3. The number of rotatable bonds is 4. The first kappa shape index (κ1) is 26.8. The maximum Gasteiger partial charge on any atom is 0.0543 e. The molecular weight excluding hydrogens is 556 g/mol. The average molecular weight is 591 g/mol. The molecular formula is C44H34N2. The van der Waals surface area contributed by atoms with Gasteiger partial charge < -0.3 is 9.47 Å². The molecule has 7 aromatic carbocycles. The lowest BCUT2D eigenvalue weighted by Gasteiger charge is -2.32. The van der Waals surface area contributed by atoms with Crippen LogP contribution in [0.1, 0.15) is 29.2 Å². The lowest BCUT2D eigenvalue weighted by Crippen LogP contribution is -2.23. The molecule has 0 amide bonds. The standard InChI is InChI=1S/C44H34N2/c1-29-22-24-37-38(26-29)44(2,30-14-6-4-7-15-30)39-28-42(34-19-10-11-20-36(34)43(37)39)46(31-16-8-5-9-17-31)32-23-25-35-33-18-12-13-21-40(33)45(3)41(35)27-32/h4-28H,1-3H3. The van der Waals surface area contributed by atoms with Crippen molar-refractivity contribution in [2.75, 3.05) is 4.90 Å². The summed E-state index contributed by atoms with van der Waals surface area (Å²) < 4.78 is 2.32. The van der Waals surface area contributed by atoms with E-state index in [1.807, 2.05) is 0 Å². The van der Waals surface area contributed by atoms with E-state index in [4.69, 9.17) is 0 Å². The number of aromatic nitrogens is 1. The van der Waals surface area contributed by atoms with Gasteiger partial charge in [-0.05, 0) is 83.4 Å². The highest BCUT2D eigenvalue weighted by atomic mass is 15.1. The summed E-state index contributed by atoms with van der Waals surface area (Å²) in [5.74, 6) is 0. The Bertz CT molecular complexity index is 2450. The van der Waals surface area contributed by atoms with Crippen LogP contribution in [0.4, 0.5) is 17.1 Å². The van der Waals surface area contributed by atoms with Gasteiger partial charge in [0.1, 0.15) is 0 Å². The monoisotopic (exact) mass is 590 g/mol. The Kier molecular flexibility index (Phi) is 5.79. The number of hydrogen-bond acceptors (Lipinski definition) is 1. The number of hydrogen-bond donors (Lipinski definition) is 0. The Morgan fingerprint density at radius 2 is 1.17 bits per heavy atom. The second-order valence-corrected chi connectivity index (χ2v) is 12.9. The molecule has 2 nitrogen and oxygen atoms in total. The van der Waals surface area contributed by atoms with Gasteiger partial charge in [0.05, 0.1) is 11.2 Å². The van der Waals surface area contributed by atoms with Gasteiger partial charge in [-0.25, -0.2) is 0 Å². The van der Waals surface area contributed by atoms with Gasteiger partial charge in [-0.3, -0.25) is 0 Å². The Morgan fingerprint density at radius 3 is 1.96 bits per heavy atom. The molecule has 0 saturated heterocycles. The summed E-state index contributed by atoms with van der Waals surface area (Å²) in [5, 5.41) is 5.08. The fourth-order valence-corrected chi connectivity index (χ4v) is 8.04. The highest BCUT2D eigenvalue weighted by molar-refractivity contribution is 6.12. The van der Waals surface area contributed by atoms with E-state index in [1.54, 1.807) is 0 Å². The fraction of sp³-hybridized carbons (Fsp3) is 0.0909. The van der Waals surface area contributed by atoms with E-state index in [-0.39, 0.29) is 5.41 Å². The molecule has 1 aliphatic rings. The van der Waals surface area contributed by atoms with Gasteiger partial charge >= 0.3 is 0 Å². The molecule has 46 heavy (non-hydrogen) atoms. The van der Waals surface area contributed by atoms with E-state index >= 15 is 0 Å². The fourth-order valence-electron chi connectivity index (χ4n) is 8.04. The maximum atomic E-state index is 2.48. The first-order valence-electron chi connectivity index (χ1n) is 16.1. The van der Waals surface area contributed by atoms with Crippen LogP contribution in [-0.4, -0.2) is 4.57 Å². The van der Waals surface area contributed by atoms with Crippen LogP contribution in [0.2, 0.25) is 0 Å². The normalized spacial score (nSPS) is 15.4. The molecule has 1 aromatic heterocycles. The third-order valence-corrected chi connectivity index (χ3v) is 10.3. The lowest BCUT2D eigenvalue weighted by atomic mass is 9.73. The quantitative estimate of drug-likeness (QED) is 0.198. The van der Waals surface area contributed by atoms with E-state index in [0.717, 1.165) is 11.4 Å². The van der Waals surface area contributed by atoms with Gasteiger partial charge in [0.2, 0.25) is 0 Å². The lowest BCUT2D eigenvalue weighted by molar-refractivity contribution is 0.713. The van der Waals surface area contributed by atoms with Crippen molar-refractivity contribution < 1.29 is 0 Å². The first-order valence-corrected chi connectivity index (χ1v) is 16.1. The van der Waals surface area contributed by atoms with Crippen LogP contribution >= 0.6 is 0 Å². The molecule has 0 fully saturated rings. The van der Waals surface area contributed by atoms with Crippen LogP contribution in [0.3, 0.4) is 0 Å². The molecule has 0 radical (unpaired) electrons. The number of fused-ring (bicyclic) bond motifs is 8. The van der Waals surface area contributed by atoms with E-state index in [9.17, 15) is 0 Å². The van der Waals surface area contributed by atoms with E-state index in [0.29, 0.717) is 0 Å². The minimum absolute atomic E-state index is 0.307. The second-order valence-electron chi connectivity index (χ2n) is 12.9. The van der Waals surface area contributed by atoms with E-state index in [1.165, 1.54) is 71.6 Å². The molecule has 0 saturated carbocycles. The van der Waals surface area contributed by atoms with Crippen molar-refractivity contribution >= 4 is 49.6 Å². The van der Waals surface area contributed by atoms with Crippen molar-refractivity contribution in [3.05, 3.63) is 174 Å². The van der Waals surface area contributed by atoms with Crippen LogP contribution in [0.15, 0.2) is 152 Å². The van der Waals surface area contributed by atoms with Crippen LogP contribution in [0, 0.1) is 6.92 Å². The number of anilines is 3. The van der Waals surface area contributed by atoms with Gasteiger partial charge in [0.25, 0.3) is 0 Å². The van der Waals surface area contributed by atoms with Crippen molar-refractivity contribution in [2.45, 2.75) is 19.3 Å². The third-order valence-electron chi connectivity index (χ3n) is 10.3. The topological polar surface area (TPSA) is 8.17 Å². The molecule has 1 atom stereocenters. The number of benzene rings is 7. The van der Waals surface area contributed by atoms with Gasteiger partial charge in [0.15, 0.2) is 0 Å². The van der Waals surface area contributed by atoms with Crippen molar-refractivity contribution in [3.63, 3.8) is 0 Å². The van der Waals surface area contributed by atoms with Crippen molar-refractivity contribution in [1.29, 1.82) is 0 Å². The van der Waals surface area contributed by atoms with Gasteiger partial charge in [-0.1, -0.05) is 121 Å². The Labute approximate surface area is 269 Å². The molecule has 1 unspecified atom stereocenters. The highest BCUT2D eigenvalue weighted by Gasteiger charge is 2.42. The molecule has 0 aliphatic heterocycles. The molecule has 8 aromatic rings. The summed E-state index contributed by atoms with van der Waals surface area (Å²) in [6.45, 7) is 4.62. The maximum absolute atomic E-state index is 2.48. The van der Waals surface area contributed by atoms with Gasteiger partial charge in [0, 0.05) is 45.5 Å². The van der Waals surface area contributed by atoms with Gasteiger partial charge in [-0.2, -0.15) is 0 Å². The Morgan fingerprint density at radius 1 is 0.522 bits per heavy atom. The molecule has 0 spiro atoms.